The van der Waals surface area contributed by atoms with E-state index < -0.39 is 0 Å². The number of para-hydroxylation sites is 1. The first-order valence-corrected chi connectivity index (χ1v) is 9.64. The van der Waals surface area contributed by atoms with Crippen LogP contribution in [0.4, 0.5) is 10.8 Å². The molecule has 0 spiro atoms. The minimum absolute atomic E-state index is 0.0318. The summed E-state index contributed by atoms with van der Waals surface area (Å²) in [6.07, 6.45) is 4.22. The highest BCUT2D eigenvalue weighted by Gasteiger charge is 2.37. The van der Waals surface area contributed by atoms with Crippen molar-refractivity contribution in [2.75, 3.05) is 16.3 Å². The highest BCUT2D eigenvalue weighted by atomic mass is 32.1. The fraction of sp³-hybridized carbons (Fsp3) is 0.421. The topological polar surface area (TPSA) is 53.5 Å². The van der Waals surface area contributed by atoms with Gasteiger partial charge in [-0.3, -0.25) is 14.5 Å². The lowest BCUT2D eigenvalue weighted by Crippen LogP contribution is -2.44. The van der Waals surface area contributed by atoms with E-state index in [4.69, 9.17) is 0 Å². The second-order valence-electron chi connectivity index (χ2n) is 6.73. The molecule has 6 heteroatoms. The predicted octanol–water partition coefficient (Wildman–Crippen LogP) is 3.32. The summed E-state index contributed by atoms with van der Waals surface area (Å²) in [5, 5.41) is 2.71. The van der Waals surface area contributed by atoms with E-state index in [1.807, 2.05) is 36.6 Å². The third kappa shape index (κ3) is 3.31. The van der Waals surface area contributed by atoms with Crippen LogP contribution in [0.2, 0.25) is 0 Å². The minimum Gasteiger partial charge on any atom is -0.303 e. The van der Waals surface area contributed by atoms with Crippen LogP contribution in [0.15, 0.2) is 29.6 Å². The Labute approximate surface area is 151 Å². The van der Waals surface area contributed by atoms with Crippen molar-refractivity contribution in [1.29, 1.82) is 0 Å². The van der Waals surface area contributed by atoms with Crippen LogP contribution in [0, 0.1) is 6.92 Å². The molecule has 25 heavy (non-hydrogen) atoms. The Bertz CT molecular complexity index is 813. The number of hydrogen-bond acceptors (Lipinski definition) is 4. The van der Waals surface area contributed by atoms with E-state index in [1.165, 1.54) is 11.3 Å². The first kappa shape index (κ1) is 16.3. The monoisotopic (exact) mass is 355 g/mol. The minimum atomic E-state index is -0.0399. The normalized spacial score (nSPS) is 17.2. The van der Waals surface area contributed by atoms with Crippen molar-refractivity contribution in [3.63, 3.8) is 0 Å². The summed E-state index contributed by atoms with van der Waals surface area (Å²) in [4.78, 5) is 33.6. The van der Waals surface area contributed by atoms with Crippen LogP contribution in [0.5, 0.6) is 0 Å². The Morgan fingerprint density at radius 1 is 1.32 bits per heavy atom. The average Bonchev–Trinajstić information content (AvgIpc) is 3.36. The zero-order chi connectivity index (χ0) is 17.4. The molecule has 130 valence electrons. The number of thiazole rings is 1. The van der Waals surface area contributed by atoms with Gasteiger partial charge in [0.25, 0.3) is 0 Å². The number of hydrogen-bond donors (Lipinski definition) is 0. The molecule has 1 fully saturated rings. The highest BCUT2D eigenvalue weighted by molar-refractivity contribution is 7.14. The van der Waals surface area contributed by atoms with Crippen molar-refractivity contribution in [3.8, 4) is 0 Å². The van der Waals surface area contributed by atoms with Crippen molar-refractivity contribution in [1.82, 2.24) is 4.98 Å². The van der Waals surface area contributed by atoms with E-state index in [2.05, 4.69) is 4.98 Å². The molecule has 2 amide bonds. The number of carbonyl (C=O) groups excluding carboxylic acids is 2. The summed E-state index contributed by atoms with van der Waals surface area (Å²) in [6, 6.07) is 8.14. The molecule has 2 heterocycles. The Morgan fingerprint density at radius 2 is 2.12 bits per heavy atom. The predicted molar refractivity (Wildman–Crippen MR) is 99.1 cm³/mol. The number of rotatable bonds is 4. The lowest BCUT2D eigenvalue weighted by atomic mass is 10.1. The number of benzene rings is 1. The third-order valence-corrected chi connectivity index (χ3v) is 5.67. The van der Waals surface area contributed by atoms with Gasteiger partial charge in [0, 0.05) is 23.5 Å². The van der Waals surface area contributed by atoms with Crippen LogP contribution in [0.25, 0.3) is 0 Å². The van der Waals surface area contributed by atoms with Gasteiger partial charge in [-0.15, -0.1) is 11.3 Å². The first-order chi connectivity index (χ1) is 12.1. The summed E-state index contributed by atoms with van der Waals surface area (Å²) < 4.78 is 0. The van der Waals surface area contributed by atoms with Crippen molar-refractivity contribution >= 4 is 34.0 Å². The van der Waals surface area contributed by atoms with Gasteiger partial charge in [-0.2, -0.15) is 0 Å². The largest absolute Gasteiger partial charge is 0.303 e. The average molecular weight is 355 g/mol. The van der Waals surface area contributed by atoms with Crippen molar-refractivity contribution < 1.29 is 9.59 Å². The molecular weight excluding hydrogens is 334 g/mol. The molecule has 0 atom stereocenters. The van der Waals surface area contributed by atoms with Gasteiger partial charge in [0.1, 0.15) is 6.54 Å². The molecule has 0 unspecified atom stereocenters. The lowest BCUT2D eigenvalue weighted by molar-refractivity contribution is -0.122. The van der Waals surface area contributed by atoms with Crippen LogP contribution in [0.1, 0.15) is 36.9 Å². The fourth-order valence-corrected chi connectivity index (χ4v) is 4.21. The Balaban J connectivity index is 1.61. The molecule has 1 aromatic heterocycles. The molecule has 1 aromatic carbocycles. The van der Waals surface area contributed by atoms with E-state index in [0.717, 1.165) is 47.8 Å². The van der Waals surface area contributed by atoms with E-state index in [-0.39, 0.29) is 24.4 Å². The van der Waals surface area contributed by atoms with Crippen molar-refractivity contribution in [2.24, 2.45) is 0 Å². The van der Waals surface area contributed by atoms with E-state index >= 15 is 0 Å². The quantitative estimate of drug-likeness (QED) is 0.845. The number of nitrogens with zero attached hydrogens (tertiary/aromatic N) is 3. The van der Waals surface area contributed by atoms with Crippen LogP contribution < -0.4 is 9.80 Å². The van der Waals surface area contributed by atoms with E-state index in [9.17, 15) is 9.59 Å². The molecule has 5 nitrogen and oxygen atoms in total. The van der Waals surface area contributed by atoms with Gasteiger partial charge in [-0.1, -0.05) is 18.2 Å². The Morgan fingerprint density at radius 3 is 2.84 bits per heavy atom. The van der Waals surface area contributed by atoms with Gasteiger partial charge < -0.3 is 4.90 Å². The summed E-state index contributed by atoms with van der Waals surface area (Å²) in [7, 11) is 0. The van der Waals surface area contributed by atoms with E-state index in [0.29, 0.717) is 6.42 Å². The van der Waals surface area contributed by atoms with Crippen LogP contribution in [-0.4, -0.2) is 29.4 Å². The van der Waals surface area contributed by atoms with Crippen LogP contribution >= 0.6 is 11.3 Å². The van der Waals surface area contributed by atoms with Crippen molar-refractivity contribution in [3.05, 3.63) is 40.9 Å². The molecule has 2 aromatic rings. The molecule has 2 aliphatic rings. The molecule has 0 saturated heterocycles. The summed E-state index contributed by atoms with van der Waals surface area (Å²) in [6.45, 7) is 2.02. The van der Waals surface area contributed by atoms with Gasteiger partial charge in [-0.25, -0.2) is 4.98 Å². The lowest BCUT2D eigenvalue weighted by Gasteiger charge is -2.26. The maximum Gasteiger partial charge on any atom is 0.249 e. The number of carbonyl (C=O) groups is 2. The van der Waals surface area contributed by atoms with Gasteiger partial charge in [-0.05, 0) is 44.2 Å². The number of fused-ring (bicyclic) bond motifs is 1. The Kier molecular flexibility index (Phi) is 4.29. The zero-order valence-corrected chi connectivity index (χ0v) is 15.1. The summed E-state index contributed by atoms with van der Waals surface area (Å²) in [5.41, 5.74) is 2.95. The fourth-order valence-electron chi connectivity index (χ4n) is 3.32. The second kappa shape index (κ2) is 6.59. The molecule has 0 N–H and O–H groups in total. The smallest absolute Gasteiger partial charge is 0.249 e. The summed E-state index contributed by atoms with van der Waals surface area (Å²) >= 11 is 1.50. The standard InChI is InChI=1S/C19H21N3O2S/c1-13-12-25-19(20-13)22(15-9-10-15)18(24)11-21-16-7-3-2-5-14(16)6-4-8-17(21)23/h2-3,5,7,12,15H,4,6,8-11H2,1H3. The van der Waals surface area contributed by atoms with Crippen molar-refractivity contribution in [2.45, 2.75) is 45.1 Å². The van der Waals surface area contributed by atoms with Crippen LogP contribution in [0.3, 0.4) is 0 Å². The molecule has 0 bridgehead atoms. The Hall–Kier alpha value is -2.21. The molecule has 1 aliphatic carbocycles. The zero-order valence-electron chi connectivity index (χ0n) is 14.3. The SMILES string of the molecule is Cc1csc(N(C(=O)CN2C(=O)CCCc3ccccc32)C2CC2)n1. The second-order valence-corrected chi connectivity index (χ2v) is 7.57. The number of anilines is 2. The summed E-state index contributed by atoms with van der Waals surface area (Å²) in [5.74, 6) is -0.00808. The molecular formula is C19H21N3O2S. The number of amides is 2. The molecule has 0 radical (unpaired) electrons. The van der Waals surface area contributed by atoms with Gasteiger partial charge >= 0.3 is 0 Å². The maximum atomic E-state index is 13.1. The first-order valence-electron chi connectivity index (χ1n) is 8.76. The maximum absolute atomic E-state index is 13.1. The van der Waals surface area contributed by atoms with Gasteiger partial charge in [0.15, 0.2) is 5.13 Å². The highest BCUT2D eigenvalue weighted by Crippen LogP contribution is 2.34. The van der Waals surface area contributed by atoms with Gasteiger partial charge in [0.05, 0.1) is 5.69 Å². The third-order valence-electron chi connectivity index (χ3n) is 4.71. The molecule has 1 aliphatic heterocycles. The van der Waals surface area contributed by atoms with E-state index in [1.54, 1.807) is 9.80 Å². The molecule has 4 rings (SSSR count). The number of aryl methyl sites for hydroxylation is 2. The molecule has 1 saturated carbocycles. The van der Waals surface area contributed by atoms with Gasteiger partial charge in [0.2, 0.25) is 11.8 Å². The van der Waals surface area contributed by atoms with Crippen LogP contribution in [-0.2, 0) is 16.0 Å². The number of aromatic nitrogens is 1.